The van der Waals surface area contributed by atoms with Crippen molar-refractivity contribution in [2.24, 2.45) is 0 Å². The van der Waals surface area contributed by atoms with Gasteiger partial charge in [0.15, 0.2) is 0 Å². The van der Waals surface area contributed by atoms with E-state index in [9.17, 15) is 0 Å². The predicted molar refractivity (Wildman–Crippen MR) is 86.4 cm³/mol. The first kappa shape index (κ1) is 18.2. The first-order valence-electron chi connectivity index (χ1n) is 7.41. The van der Waals surface area contributed by atoms with Crippen LogP contribution in [-0.4, -0.2) is 40.1 Å². The Morgan fingerprint density at radius 3 is 2.71 bits per heavy atom. The molecule has 1 unspecified atom stereocenters. The highest BCUT2D eigenvalue weighted by atomic mass is 35.5. The summed E-state index contributed by atoms with van der Waals surface area (Å²) in [6, 6.07) is 5.95. The lowest BCUT2D eigenvalue weighted by Crippen LogP contribution is -2.18. The van der Waals surface area contributed by atoms with Gasteiger partial charge in [0.25, 0.3) is 0 Å². The van der Waals surface area contributed by atoms with Crippen LogP contribution in [-0.2, 0) is 9.47 Å². The van der Waals surface area contributed by atoms with Crippen LogP contribution in [0.15, 0.2) is 18.2 Å². The summed E-state index contributed by atoms with van der Waals surface area (Å²) >= 11 is 6.08. The summed E-state index contributed by atoms with van der Waals surface area (Å²) in [6.45, 7) is 7.65. The lowest BCUT2D eigenvalue weighted by molar-refractivity contribution is 0.0643. The average Bonchev–Trinajstić information content (AvgIpc) is 2.47. The van der Waals surface area contributed by atoms with Crippen LogP contribution in [0.4, 0.5) is 0 Å². The summed E-state index contributed by atoms with van der Waals surface area (Å²) in [6.07, 6.45) is 0.849. The second-order valence-corrected chi connectivity index (χ2v) is 5.21. The number of benzene rings is 1. The maximum Gasteiger partial charge on any atom is 0.124 e. The summed E-state index contributed by atoms with van der Waals surface area (Å²) in [5.41, 5.74) is 1.09. The number of halogens is 1. The van der Waals surface area contributed by atoms with E-state index in [-0.39, 0.29) is 6.04 Å². The molecule has 0 aliphatic carbocycles. The van der Waals surface area contributed by atoms with Crippen molar-refractivity contribution in [2.45, 2.75) is 26.3 Å². The van der Waals surface area contributed by atoms with Crippen molar-refractivity contribution in [1.82, 2.24) is 5.32 Å². The molecular formula is C16H26ClNO3. The zero-order valence-corrected chi connectivity index (χ0v) is 13.9. The van der Waals surface area contributed by atoms with E-state index in [1.165, 1.54) is 0 Å². The Hall–Kier alpha value is -0.810. The van der Waals surface area contributed by atoms with Crippen molar-refractivity contribution in [3.8, 4) is 5.75 Å². The summed E-state index contributed by atoms with van der Waals surface area (Å²) in [4.78, 5) is 0. The summed E-state index contributed by atoms with van der Waals surface area (Å²) in [5.74, 6) is 0.879. The largest absolute Gasteiger partial charge is 0.493 e. The Kier molecular flexibility index (Phi) is 9.42. The van der Waals surface area contributed by atoms with Crippen molar-refractivity contribution >= 4 is 11.6 Å². The minimum atomic E-state index is 0.210. The zero-order chi connectivity index (χ0) is 15.5. The molecule has 0 saturated heterocycles. The molecule has 0 saturated carbocycles. The molecule has 1 rings (SSSR count). The smallest absolute Gasteiger partial charge is 0.124 e. The molecule has 0 aromatic heterocycles. The fraction of sp³-hybridized carbons (Fsp3) is 0.625. The van der Waals surface area contributed by atoms with Crippen molar-refractivity contribution in [3.63, 3.8) is 0 Å². The van der Waals surface area contributed by atoms with E-state index >= 15 is 0 Å². The molecule has 0 aliphatic heterocycles. The third-order valence-corrected chi connectivity index (χ3v) is 3.31. The molecule has 0 bridgehead atoms. The van der Waals surface area contributed by atoms with Gasteiger partial charge >= 0.3 is 0 Å². The number of nitrogens with one attached hydrogen (secondary N) is 1. The maximum absolute atomic E-state index is 6.08. The molecule has 0 fully saturated rings. The van der Waals surface area contributed by atoms with E-state index in [1.54, 1.807) is 7.11 Å². The molecule has 0 heterocycles. The second kappa shape index (κ2) is 10.9. The van der Waals surface area contributed by atoms with E-state index in [4.69, 9.17) is 25.8 Å². The van der Waals surface area contributed by atoms with Crippen molar-refractivity contribution in [2.75, 3.05) is 40.1 Å². The van der Waals surface area contributed by atoms with Gasteiger partial charge in [0.1, 0.15) is 5.75 Å². The monoisotopic (exact) mass is 315 g/mol. The normalized spacial score (nSPS) is 12.4. The number of ether oxygens (including phenoxy) is 3. The molecule has 1 N–H and O–H groups in total. The molecule has 1 atom stereocenters. The maximum atomic E-state index is 6.08. The highest BCUT2D eigenvalue weighted by Crippen LogP contribution is 2.28. The van der Waals surface area contributed by atoms with Crippen LogP contribution in [0.25, 0.3) is 0 Å². The van der Waals surface area contributed by atoms with Crippen LogP contribution in [0.1, 0.15) is 31.9 Å². The predicted octanol–water partition coefficient (Wildman–Crippen LogP) is 3.44. The zero-order valence-electron chi connectivity index (χ0n) is 13.2. The molecule has 5 heteroatoms. The van der Waals surface area contributed by atoms with Gasteiger partial charge in [0, 0.05) is 36.8 Å². The highest BCUT2D eigenvalue weighted by Gasteiger charge is 2.11. The fourth-order valence-electron chi connectivity index (χ4n) is 1.99. The summed E-state index contributed by atoms with van der Waals surface area (Å²) < 4.78 is 16.2. The molecule has 1 aromatic carbocycles. The van der Waals surface area contributed by atoms with Gasteiger partial charge in [-0.15, -0.1) is 0 Å². The molecule has 4 nitrogen and oxygen atoms in total. The third kappa shape index (κ3) is 7.14. The van der Waals surface area contributed by atoms with Gasteiger partial charge in [-0.1, -0.05) is 18.5 Å². The summed E-state index contributed by atoms with van der Waals surface area (Å²) in [7, 11) is 1.67. The van der Waals surface area contributed by atoms with E-state index in [0.717, 1.165) is 29.3 Å². The van der Waals surface area contributed by atoms with Crippen LogP contribution in [0.5, 0.6) is 5.75 Å². The fourth-order valence-corrected chi connectivity index (χ4v) is 2.17. The SMILES string of the molecule is CCNC(C)c1cc(Cl)ccc1OCCCOCCOC. The topological polar surface area (TPSA) is 39.7 Å². The van der Waals surface area contributed by atoms with E-state index in [1.807, 2.05) is 18.2 Å². The van der Waals surface area contributed by atoms with Crippen molar-refractivity contribution in [3.05, 3.63) is 28.8 Å². The lowest BCUT2D eigenvalue weighted by atomic mass is 10.1. The highest BCUT2D eigenvalue weighted by molar-refractivity contribution is 6.30. The first-order valence-corrected chi connectivity index (χ1v) is 7.79. The van der Waals surface area contributed by atoms with Crippen LogP contribution in [0.3, 0.4) is 0 Å². The van der Waals surface area contributed by atoms with E-state index < -0.39 is 0 Å². The quantitative estimate of drug-likeness (QED) is 0.635. The Labute approximate surface area is 132 Å². The van der Waals surface area contributed by atoms with Gasteiger partial charge in [0.2, 0.25) is 0 Å². The minimum absolute atomic E-state index is 0.210. The van der Waals surface area contributed by atoms with E-state index in [0.29, 0.717) is 26.4 Å². The van der Waals surface area contributed by atoms with Crippen LogP contribution < -0.4 is 10.1 Å². The molecule has 0 aliphatic rings. The van der Waals surface area contributed by atoms with Gasteiger partial charge in [-0.3, -0.25) is 0 Å². The number of hydrogen-bond acceptors (Lipinski definition) is 4. The van der Waals surface area contributed by atoms with Gasteiger partial charge in [0.05, 0.1) is 19.8 Å². The first-order chi connectivity index (χ1) is 10.2. The van der Waals surface area contributed by atoms with Gasteiger partial charge < -0.3 is 19.5 Å². The van der Waals surface area contributed by atoms with Crippen molar-refractivity contribution < 1.29 is 14.2 Å². The molecular weight excluding hydrogens is 290 g/mol. The van der Waals surface area contributed by atoms with Crippen LogP contribution in [0.2, 0.25) is 5.02 Å². The molecule has 0 spiro atoms. The van der Waals surface area contributed by atoms with Crippen LogP contribution in [0, 0.1) is 0 Å². The second-order valence-electron chi connectivity index (χ2n) is 4.77. The van der Waals surface area contributed by atoms with Crippen molar-refractivity contribution in [1.29, 1.82) is 0 Å². The van der Waals surface area contributed by atoms with Gasteiger partial charge in [-0.25, -0.2) is 0 Å². The minimum Gasteiger partial charge on any atom is -0.493 e. The van der Waals surface area contributed by atoms with Gasteiger partial charge in [-0.05, 0) is 31.7 Å². The lowest BCUT2D eigenvalue weighted by Gasteiger charge is -2.18. The molecule has 120 valence electrons. The third-order valence-electron chi connectivity index (χ3n) is 3.07. The Morgan fingerprint density at radius 1 is 1.19 bits per heavy atom. The van der Waals surface area contributed by atoms with E-state index in [2.05, 4.69) is 19.2 Å². The number of rotatable bonds is 11. The molecule has 21 heavy (non-hydrogen) atoms. The Bertz CT molecular complexity index is 401. The Morgan fingerprint density at radius 2 is 2.00 bits per heavy atom. The number of hydrogen-bond donors (Lipinski definition) is 1. The average molecular weight is 316 g/mol. The van der Waals surface area contributed by atoms with Crippen LogP contribution >= 0.6 is 11.6 Å². The number of methoxy groups -OCH3 is 1. The molecule has 0 amide bonds. The Balaban J connectivity index is 2.43. The standard InChI is InChI=1S/C16H26ClNO3/c1-4-18-13(2)15-12-14(17)6-7-16(15)21-9-5-8-20-11-10-19-3/h6-7,12-13,18H,4-5,8-11H2,1-3H3. The molecule has 1 aromatic rings. The molecule has 0 radical (unpaired) electrons. The van der Waals surface area contributed by atoms with Gasteiger partial charge in [-0.2, -0.15) is 0 Å². The summed E-state index contributed by atoms with van der Waals surface area (Å²) in [5, 5.41) is 4.10.